The van der Waals surface area contributed by atoms with Crippen LogP contribution in [0.2, 0.25) is 0 Å². The molecular weight excluding hydrogens is 298 g/mol. The van der Waals surface area contributed by atoms with E-state index in [1.54, 1.807) is 6.20 Å². The number of hydrogen-bond donors (Lipinski definition) is 0. The molecule has 5 nitrogen and oxygen atoms in total. The van der Waals surface area contributed by atoms with Crippen LogP contribution in [0.15, 0.2) is 49.1 Å². The molecule has 3 heterocycles. The summed E-state index contributed by atoms with van der Waals surface area (Å²) in [5.41, 5.74) is 4.89. The summed E-state index contributed by atoms with van der Waals surface area (Å²) in [6.07, 6.45) is 6.77. The minimum atomic E-state index is 0.504. The quantitative estimate of drug-likeness (QED) is 0.741. The predicted octanol–water partition coefficient (Wildman–Crippen LogP) is 3.13. The topological polar surface area (TPSA) is 38.9 Å². The Bertz CT molecular complexity index is 801. The first-order chi connectivity index (χ1) is 11.7. The molecule has 0 amide bonds. The van der Waals surface area contributed by atoms with Gasteiger partial charge in [0.15, 0.2) is 0 Å². The predicted molar refractivity (Wildman–Crippen MR) is 94.2 cm³/mol. The number of likely N-dealkylation sites (tertiary alicyclic amines) is 1. The number of aryl methyl sites for hydroxylation is 2. The van der Waals surface area contributed by atoms with Gasteiger partial charge in [0.1, 0.15) is 0 Å². The van der Waals surface area contributed by atoms with Crippen LogP contribution in [0.25, 0.3) is 5.69 Å². The van der Waals surface area contributed by atoms with Crippen LogP contribution in [-0.2, 0) is 6.54 Å². The average molecular weight is 321 g/mol. The Morgan fingerprint density at radius 1 is 1.17 bits per heavy atom. The Balaban J connectivity index is 1.40. The highest BCUT2D eigenvalue weighted by molar-refractivity contribution is 5.34. The summed E-state index contributed by atoms with van der Waals surface area (Å²) in [7, 11) is 0. The molecule has 1 aliphatic rings. The highest BCUT2D eigenvalue weighted by Gasteiger charge is 2.25. The van der Waals surface area contributed by atoms with Crippen molar-refractivity contribution in [1.29, 1.82) is 0 Å². The SMILES string of the molecule is Cc1cc(C)n([C@H]2CCN(Cc3ccc(-n4ccnc4)cc3)C2)n1. The van der Waals surface area contributed by atoms with E-state index < -0.39 is 0 Å². The van der Waals surface area contributed by atoms with Crippen molar-refractivity contribution in [2.24, 2.45) is 0 Å². The van der Waals surface area contributed by atoms with Crippen LogP contribution in [0.1, 0.15) is 29.4 Å². The minimum Gasteiger partial charge on any atom is -0.306 e. The molecule has 3 aromatic rings. The van der Waals surface area contributed by atoms with Gasteiger partial charge < -0.3 is 4.57 Å². The molecule has 1 saturated heterocycles. The smallest absolute Gasteiger partial charge is 0.0991 e. The van der Waals surface area contributed by atoms with Gasteiger partial charge in [-0.25, -0.2) is 4.98 Å². The van der Waals surface area contributed by atoms with Gasteiger partial charge in [-0.3, -0.25) is 9.58 Å². The largest absolute Gasteiger partial charge is 0.306 e. The van der Waals surface area contributed by atoms with Crippen molar-refractivity contribution in [2.45, 2.75) is 32.9 Å². The fourth-order valence-electron chi connectivity index (χ4n) is 3.61. The molecule has 5 heteroatoms. The van der Waals surface area contributed by atoms with Crippen molar-refractivity contribution in [3.8, 4) is 5.69 Å². The first-order valence-electron chi connectivity index (χ1n) is 8.51. The van der Waals surface area contributed by atoms with Crippen LogP contribution in [0.3, 0.4) is 0 Å². The van der Waals surface area contributed by atoms with E-state index in [9.17, 15) is 0 Å². The van der Waals surface area contributed by atoms with Crippen LogP contribution >= 0.6 is 0 Å². The molecular formula is C19H23N5. The van der Waals surface area contributed by atoms with Gasteiger partial charge in [0.25, 0.3) is 0 Å². The van der Waals surface area contributed by atoms with E-state index in [2.05, 4.69) is 63.8 Å². The van der Waals surface area contributed by atoms with Crippen LogP contribution in [0.5, 0.6) is 0 Å². The molecule has 1 aliphatic heterocycles. The van der Waals surface area contributed by atoms with Crippen molar-refractivity contribution in [2.75, 3.05) is 13.1 Å². The lowest BCUT2D eigenvalue weighted by molar-refractivity contribution is 0.310. The van der Waals surface area contributed by atoms with Crippen molar-refractivity contribution < 1.29 is 0 Å². The van der Waals surface area contributed by atoms with E-state index >= 15 is 0 Å². The van der Waals surface area contributed by atoms with Crippen LogP contribution in [-0.4, -0.2) is 37.3 Å². The lowest BCUT2D eigenvalue weighted by Crippen LogP contribution is -2.22. The maximum Gasteiger partial charge on any atom is 0.0991 e. The summed E-state index contributed by atoms with van der Waals surface area (Å²) in [4.78, 5) is 6.62. The summed E-state index contributed by atoms with van der Waals surface area (Å²) in [6.45, 7) is 7.42. The van der Waals surface area contributed by atoms with E-state index in [0.29, 0.717) is 6.04 Å². The van der Waals surface area contributed by atoms with Crippen LogP contribution in [0, 0.1) is 13.8 Å². The average Bonchev–Trinajstić information content (AvgIpc) is 3.30. The Kier molecular flexibility index (Phi) is 3.94. The van der Waals surface area contributed by atoms with Gasteiger partial charge in [-0.05, 0) is 44.0 Å². The molecule has 4 rings (SSSR count). The van der Waals surface area contributed by atoms with Crippen molar-refractivity contribution in [1.82, 2.24) is 24.2 Å². The van der Waals surface area contributed by atoms with Crippen molar-refractivity contribution >= 4 is 0 Å². The van der Waals surface area contributed by atoms with Gasteiger partial charge >= 0.3 is 0 Å². The van der Waals surface area contributed by atoms with Gasteiger partial charge in [-0.2, -0.15) is 5.10 Å². The Morgan fingerprint density at radius 2 is 2.00 bits per heavy atom. The molecule has 0 spiro atoms. The molecule has 1 fully saturated rings. The van der Waals surface area contributed by atoms with Gasteiger partial charge in [-0.15, -0.1) is 0 Å². The Labute approximate surface area is 142 Å². The minimum absolute atomic E-state index is 0.504. The van der Waals surface area contributed by atoms with E-state index in [1.807, 2.05) is 17.1 Å². The van der Waals surface area contributed by atoms with E-state index in [0.717, 1.165) is 31.0 Å². The number of nitrogens with zero attached hydrogens (tertiary/aromatic N) is 5. The molecule has 24 heavy (non-hydrogen) atoms. The molecule has 2 aromatic heterocycles. The van der Waals surface area contributed by atoms with Gasteiger partial charge in [0.2, 0.25) is 0 Å². The second-order valence-electron chi connectivity index (χ2n) is 6.69. The summed E-state index contributed by atoms with van der Waals surface area (Å²) < 4.78 is 4.23. The monoisotopic (exact) mass is 321 g/mol. The lowest BCUT2D eigenvalue weighted by Gasteiger charge is -2.17. The zero-order valence-electron chi connectivity index (χ0n) is 14.3. The lowest BCUT2D eigenvalue weighted by atomic mass is 10.2. The summed E-state index contributed by atoms with van der Waals surface area (Å²) in [6, 6.07) is 11.4. The zero-order valence-corrected chi connectivity index (χ0v) is 14.3. The third-order valence-corrected chi connectivity index (χ3v) is 4.78. The Morgan fingerprint density at radius 3 is 2.67 bits per heavy atom. The molecule has 0 bridgehead atoms. The van der Waals surface area contributed by atoms with E-state index in [4.69, 9.17) is 0 Å². The molecule has 0 unspecified atom stereocenters. The van der Waals surface area contributed by atoms with Crippen molar-refractivity contribution in [3.05, 3.63) is 66.0 Å². The molecule has 0 radical (unpaired) electrons. The first kappa shape index (κ1) is 15.1. The van der Waals surface area contributed by atoms with Crippen LogP contribution in [0.4, 0.5) is 0 Å². The fourth-order valence-corrected chi connectivity index (χ4v) is 3.61. The second-order valence-corrected chi connectivity index (χ2v) is 6.69. The number of imidazole rings is 1. The molecule has 124 valence electrons. The zero-order chi connectivity index (χ0) is 16.5. The molecule has 0 N–H and O–H groups in total. The molecule has 1 atom stereocenters. The summed E-state index contributed by atoms with van der Waals surface area (Å²) >= 11 is 0. The molecule has 0 saturated carbocycles. The van der Waals surface area contributed by atoms with Crippen molar-refractivity contribution in [3.63, 3.8) is 0 Å². The summed E-state index contributed by atoms with van der Waals surface area (Å²) in [5.74, 6) is 0. The van der Waals surface area contributed by atoms with Gasteiger partial charge in [0.05, 0.1) is 18.1 Å². The maximum atomic E-state index is 4.66. The number of benzene rings is 1. The highest BCUT2D eigenvalue weighted by atomic mass is 15.3. The Hall–Kier alpha value is -2.40. The van der Waals surface area contributed by atoms with Gasteiger partial charge in [-0.1, -0.05) is 12.1 Å². The first-order valence-corrected chi connectivity index (χ1v) is 8.51. The fraction of sp³-hybridized carbons (Fsp3) is 0.368. The second kappa shape index (κ2) is 6.24. The third kappa shape index (κ3) is 2.99. The maximum absolute atomic E-state index is 4.66. The third-order valence-electron chi connectivity index (χ3n) is 4.78. The summed E-state index contributed by atoms with van der Waals surface area (Å²) in [5, 5.41) is 4.66. The highest BCUT2D eigenvalue weighted by Crippen LogP contribution is 2.24. The normalized spacial score (nSPS) is 18.3. The molecule has 1 aromatic carbocycles. The number of aromatic nitrogens is 4. The van der Waals surface area contributed by atoms with Crippen LogP contribution < -0.4 is 0 Å². The van der Waals surface area contributed by atoms with Gasteiger partial charge in [0, 0.05) is 43.4 Å². The molecule has 0 aliphatic carbocycles. The number of rotatable bonds is 4. The van der Waals surface area contributed by atoms with E-state index in [1.165, 1.54) is 17.7 Å². The van der Waals surface area contributed by atoms with E-state index in [-0.39, 0.29) is 0 Å². The standard InChI is InChI=1S/C19H23N5/c1-15-11-16(2)24(21-15)19-7-9-22(13-19)12-17-3-5-18(6-4-17)23-10-8-20-14-23/h3-6,8,10-11,14,19H,7,9,12-13H2,1-2H3/t19-/m0/s1. The number of hydrogen-bond acceptors (Lipinski definition) is 3.